The lowest BCUT2D eigenvalue weighted by atomic mass is 9.96. The third-order valence-electron chi connectivity index (χ3n) is 3.79. The van der Waals surface area contributed by atoms with Gasteiger partial charge in [-0.1, -0.05) is 51.1 Å². The van der Waals surface area contributed by atoms with Gasteiger partial charge in [0.1, 0.15) is 0 Å². The Morgan fingerprint density at radius 3 is 2.37 bits per heavy atom. The predicted molar refractivity (Wildman–Crippen MR) is 78.0 cm³/mol. The number of carbonyl (C=O) groups excluding carboxylic acids is 1. The molecule has 0 saturated heterocycles. The third-order valence-corrected chi connectivity index (χ3v) is 3.79. The average Bonchev–Trinajstić information content (AvgIpc) is 2.45. The summed E-state index contributed by atoms with van der Waals surface area (Å²) in [6, 6.07) is 10.0. The average molecular weight is 263 g/mol. The molecule has 0 heterocycles. The minimum atomic E-state index is -0.772. The molecule has 1 amide bonds. The summed E-state index contributed by atoms with van der Waals surface area (Å²) in [5.41, 5.74) is 0.393. The molecule has 3 nitrogen and oxygen atoms in total. The molecule has 0 aliphatic carbocycles. The van der Waals surface area contributed by atoms with Crippen molar-refractivity contribution in [2.75, 3.05) is 6.54 Å². The van der Waals surface area contributed by atoms with E-state index < -0.39 is 5.60 Å². The largest absolute Gasteiger partial charge is 0.388 e. The highest BCUT2D eigenvalue weighted by Crippen LogP contribution is 2.18. The van der Waals surface area contributed by atoms with Crippen LogP contribution in [0.1, 0.15) is 51.5 Å². The van der Waals surface area contributed by atoms with Gasteiger partial charge in [-0.15, -0.1) is 0 Å². The normalized spacial score (nSPS) is 13.1. The van der Waals surface area contributed by atoms with E-state index in [4.69, 9.17) is 0 Å². The maximum absolute atomic E-state index is 11.9. The fraction of sp³-hybridized carbons (Fsp3) is 0.562. The summed E-state index contributed by atoms with van der Waals surface area (Å²) < 4.78 is 0. The van der Waals surface area contributed by atoms with E-state index in [9.17, 15) is 9.90 Å². The molecule has 106 valence electrons. The lowest BCUT2D eigenvalue weighted by molar-refractivity contribution is -0.122. The molecule has 1 aromatic carbocycles. The van der Waals surface area contributed by atoms with Crippen molar-refractivity contribution in [3.8, 4) is 0 Å². The summed E-state index contributed by atoms with van der Waals surface area (Å²) >= 11 is 0. The van der Waals surface area contributed by atoms with E-state index in [2.05, 4.69) is 5.32 Å². The Hall–Kier alpha value is -1.35. The van der Waals surface area contributed by atoms with Crippen LogP contribution in [0.5, 0.6) is 0 Å². The number of nitrogens with one attached hydrogen (secondary N) is 1. The summed E-state index contributed by atoms with van der Waals surface area (Å²) in [5, 5.41) is 13.0. The number of amides is 1. The molecular formula is C16H25NO2. The summed E-state index contributed by atoms with van der Waals surface area (Å²) in [7, 11) is 0. The highest BCUT2D eigenvalue weighted by Gasteiger charge is 2.23. The van der Waals surface area contributed by atoms with Crippen LogP contribution in [0.25, 0.3) is 0 Å². The standard InChI is InChI=1S/C16H25NO2/c1-4-16(19,5-2)12-17-15(18)11-13(3)14-9-7-6-8-10-14/h6-10,13,19H,4-5,11-12H2,1-3H3,(H,17,18). The van der Waals surface area contributed by atoms with Crippen molar-refractivity contribution in [3.63, 3.8) is 0 Å². The quantitative estimate of drug-likeness (QED) is 0.794. The molecule has 0 saturated carbocycles. The molecule has 1 atom stereocenters. The van der Waals surface area contributed by atoms with E-state index in [0.29, 0.717) is 25.8 Å². The van der Waals surface area contributed by atoms with E-state index >= 15 is 0 Å². The molecule has 0 aromatic heterocycles. The van der Waals surface area contributed by atoms with E-state index in [1.54, 1.807) is 0 Å². The number of benzene rings is 1. The van der Waals surface area contributed by atoms with Crippen LogP contribution in [0, 0.1) is 0 Å². The number of rotatable bonds is 7. The summed E-state index contributed by atoms with van der Waals surface area (Å²) in [6.07, 6.45) is 1.75. The Balaban J connectivity index is 2.44. The molecule has 1 aromatic rings. The molecule has 3 heteroatoms. The van der Waals surface area contributed by atoms with Gasteiger partial charge < -0.3 is 10.4 Å². The molecule has 0 fully saturated rings. The zero-order chi connectivity index (χ0) is 14.3. The van der Waals surface area contributed by atoms with Crippen LogP contribution in [0.2, 0.25) is 0 Å². The minimum Gasteiger partial charge on any atom is -0.388 e. The van der Waals surface area contributed by atoms with Crippen molar-refractivity contribution in [2.24, 2.45) is 0 Å². The van der Waals surface area contributed by atoms with Crippen molar-refractivity contribution < 1.29 is 9.90 Å². The Kier molecular flexibility index (Phi) is 6.03. The molecule has 0 bridgehead atoms. The topological polar surface area (TPSA) is 49.3 Å². The first-order valence-corrected chi connectivity index (χ1v) is 7.04. The zero-order valence-corrected chi connectivity index (χ0v) is 12.1. The van der Waals surface area contributed by atoms with Crippen molar-refractivity contribution in [3.05, 3.63) is 35.9 Å². The highest BCUT2D eigenvalue weighted by molar-refractivity contribution is 5.76. The van der Waals surface area contributed by atoms with Gasteiger partial charge in [-0.25, -0.2) is 0 Å². The number of hydrogen-bond acceptors (Lipinski definition) is 2. The van der Waals surface area contributed by atoms with E-state index in [-0.39, 0.29) is 11.8 Å². The third kappa shape index (κ3) is 5.03. The number of carbonyl (C=O) groups is 1. The summed E-state index contributed by atoms with van der Waals surface area (Å²) in [4.78, 5) is 11.9. The molecule has 0 radical (unpaired) electrons. The van der Waals surface area contributed by atoms with Crippen LogP contribution in [-0.2, 0) is 4.79 Å². The van der Waals surface area contributed by atoms with Crippen LogP contribution in [0.3, 0.4) is 0 Å². The van der Waals surface area contributed by atoms with Crippen LogP contribution in [0.15, 0.2) is 30.3 Å². The molecule has 1 rings (SSSR count). The summed E-state index contributed by atoms with van der Waals surface area (Å²) in [6.45, 7) is 6.24. The highest BCUT2D eigenvalue weighted by atomic mass is 16.3. The lowest BCUT2D eigenvalue weighted by Crippen LogP contribution is -2.42. The van der Waals surface area contributed by atoms with E-state index in [1.165, 1.54) is 5.56 Å². The molecule has 19 heavy (non-hydrogen) atoms. The molecule has 0 aliphatic rings. The van der Waals surface area contributed by atoms with E-state index in [1.807, 2.05) is 51.1 Å². The molecule has 0 spiro atoms. The molecule has 0 aliphatic heterocycles. The SMILES string of the molecule is CCC(O)(CC)CNC(=O)CC(C)c1ccccc1. The van der Waals surface area contributed by atoms with Gasteiger partial charge in [-0.05, 0) is 24.3 Å². The molecule has 2 N–H and O–H groups in total. The van der Waals surface area contributed by atoms with Gasteiger partial charge in [-0.2, -0.15) is 0 Å². The summed E-state index contributed by atoms with van der Waals surface area (Å²) in [5.74, 6) is 0.189. The number of aliphatic hydroxyl groups is 1. The van der Waals surface area contributed by atoms with Gasteiger partial charge >= 0.3 is 0 Å². The smallest absolute Gasteiger partial charge is 0.220 e. The maximum atomic E-state index is 11.9. The molecular weight excluding hydrogens is 238 g/mol. The fourth-order valence-electron chi connectivity index (χ4n) is 2.01. The second-order valence-corrected chi connectivity index (χ2v) is 5.22. The Bertz CT molecular complexity index is 385. The van der Waals surface area contributed by atoms with Gasteiger partial charge in [0.2, 0.25) is 5.91 Å². The van der Waals surface area contributed by atoms with Gasteiger partial charge in [0, 0.05) is 13.0 Å². The van der Waals surface area contributed by atoms with Gasteiger partial charge in [0.15, 0.2) is 0 Å². The second-order valence-electron chi connectivity index (χ2n) is 5.22. The van der Waals surface area contributed by atoms with Crippen molar-refractivity contribution >= 4 is 5.91 Å². The van der Waals surface area contributed by atoms with E-state index in [0.717, 1.165) is 0 Å². The van der Waals surface area contributed by atoms with Gasteiger partial charge in [0.05, 0.1) is 5.60 Å². The number of hydrogen-bond donors (Lipinski definition) is 2. The Morgan fingerprint density at radius 1 is 1.26 bits per heavy atom. The fourth-order valence-corrected chi connectivity index (χ4v) is 2.01. The van der Waals surface area contributed by atoms with Crippen molar-refractivity contribution in [2.45, 2.75) is 51.6 Å². The Labute approximate surface area is 116 Å². The molecule has 1 unspecified atom stereocenters. The zero-order valence-electron chi connectivity index (χ0n) is 12.1. The predicted octanol–water partition coefficient (Wildman–Crippen LogP) is 2.85. The first-order chi connectivity index (χ1) is 9.00. The maximum Gasteiger partial charge on any atom is 0.220 e. The van der Waals surface area contributed by atoms with Crippen LogP contribution in [0.4, 0.5) is 0 Å². The van der Waals surface area contributed by atoms with Crippen LogP contribution in [-0.4, -0.2) is 23.2 Å². The van der Waals surface area contributed by atoms with Crippen molar-refractivity contribution in [1.29, 1.82) is 0 Å². The Morgan fingerprint density at radius 2 is 1.84 bits per heavy atom. The first-order valence-electron chi connectivity index (χ1n) is 7.04. The van der Waals surface area contributed by atoms with Crippen LogP contribution < -0.4 is 5.32 Å². The monoisotopic (exact) mass is 263 g/mol. The van der Waals surface area contributed by atoms with Crippen molar-refractivity contribution in [1.82, 2.24) is 5.32 Å². The van der Waals surface area contributed by atoms with Crippen LogP contribution >= 0.6 is 0 Å². The minimum absolute atomic E-state index is 0.00308. The second kappa shape index (κ2) is 7.29. The lowest BCUT2D eigenvalue weighted by Gasteiger charge is -2.25. The van der Waals surface area contributed by atoms with Gasteiger partial charge in [0.25, 0.3) is 0 Å². The first kappa shape index (κ1) is 15.7. The van der Waals surface area contributed by atoms with Gasteiger partial charge in [-0.3, -0.25) is 4.79 Å².